The molecule has 152 valence electrons. The SMILES string of the molecule is CN1CCN(CC2CSCCN2C(=O)C2CC(=O)c3cc(Cl)c(Cl)cc32)CC1. The number of hydrogen-bond acceptors (Lipinski definition) is 5. The Kier molecular flexibility index (Phi) is 6.23. The Morgan fingerprint density at radius 3 is 2.61 bits per heavy atom. The normalized spacial score (nSPS) is 26.5. The van der Waals surface area contributed by atoms with Gasteiger partial charge in [0.05, 0.1) is 22.0 Å². The van der Waals surface area contributed by atoms with Gasteiger partial charge >= 0.3 is 0 Å². The Hall–Kier alpha value is -0.790. The molecule has 0 aromatic heterocycles. The number of fused-ring (bicyclic) bond motifs is 1. The third kappa shape index (κ3) is 4.08. The number of nitrogens with zero attached hydrogens (tertiary/aromatic N) is 3. The van der Waals surface area contributed by atoms with Crippen molar-refractivity contribution in [3.63, 3.8) is 0 Å². The van der Waals surface area contributed by atoms with Gasteiger partial charge in [-0.15, -0.1) is 0 Å². The first kappa shape index (κ1) is 20.5. The number of thioether (sulfide) groups is 1. The van der Waals surface area contributed by atoms with Crippen LogP contribution in [-0.2, 0) is 4.79 Å². The van der Waals surface area contributed by atoms with Crippen molar-refractivity contribution in [3.05, 3.63) is 33.3 Å². The smallest absolute Gasteiger partial charge is 0.230 e. The van der Waals surface area contributed by atoms with E-state index < -0.39 is 5.92 Å². The molecule has 1 amide bonds. The number of halogens is 2. The van der Waals surface area contributed by atoms with Crippen molar-refractivity contribution in [1.29, 1.82) is 0 Å². The molecule has 2 heterocycles. The lowest BCUT2D eigenvalue weighted by Crippen LogP contribution is -2.55. The van der Waals surface area contributed by atoms with Crippen molar-refractivity contribution < 1.29 is 9.59 Å². The molecule has 1 aromatic rings. The molecule has 0 N–H and O–H groups in total. The van der Waals surface area contributed by atoms with Gasteiger partial charge in [-0.3, -0.25) is 14.5 Å². The predicted octanol–water partition coefficient (Wildman–Crippen LogP) is 2.85. The zero-order chi connectivity index (χ0) is 19.8. The van der Waals surface area contributed by atoms with Gasteiger partial charge in [-0.05, 0) is 24.7 Å². The van der Waals surface area contributed by atoms with Gasteiger partial charge in [0.25, 0.3) is 0 Å². The van der Waals surface area contributed by atoms with Gasteiger partial charge in [0.2, 0.25) is 5.91 Å². The van der Waals surface area contributed by atoms with Gasteiger partial charge in [-0.1, -0.05) is 23.2 Å². The molecule has 1 aliphatic carbocycles. The molecular formula is C20H25Cl2N3O2S. The van der Waals surface area contributed by atoms with Crippen molar-refractivity contribution in [2.24, 2.45) is 0 Å². The van der Waals surface area contributed by atoms with Crippen LogP contribution in [0, 0.1) is 0 Å². The van der Waals surface area contributed by atoms with E-state index in [-0.39, 0.29) is 24.2 Å². The molecule has 2 atom stereocenters. The number of likely N-dealkylation sites (N-methyl/N-ethyl adjacent to an activating group) is 1. The summed E-state index contributed by atoms with van der Waals surface area (Å²) < 4.78 is 0. The third-order valence-electron chi connectivity index (χ3n) is 6.03. The molecule has 4 rings (SSSR count). The summed E-state index contributed by atoms with van der Waals surface area (Å²) in [6.07, 6.45) is 0.218. The molecule has 28 heavy (non-hydrogen) atoms. The highest BCUT2D eigenvalue weighted by Crippen LogP contribution is 2.39. The van der Waals surface area contributed by atoms with Gasteiger partial charge < -0.3 is 9.80 Å². The number of carbonyl (C=O) groups is 2. The highest BCUT2D eigenvalue weighted by molar-refractivity contribution is 7.99. The Balaban J connectivity index is 1.52. The zero-order valence-corrected chi connectivity index (χ0v) is 18.3. The number of benzene rings is 1. The third-order valence-corrected chi connectivity index (χ3v) is 7.85. The van der Waals surface area contributed by atoms with E-state index >= 15 is 0 Å². The molecule has 2 unspecified atom stereocenters. The van der Waals surface area contributed by atoms with E-state index in [1.165, 1.54) is 0 Å². The molecule has 8 heteroatoms. The van der Waals surface area contributed by atoms with Crippen LogP contribution in [0.15, 0.2) is 12.1 Å². The molecule has 1 aromatic carbocycles. The predicted molar refractivity (Wildman–Crippen MR) is 115 cm³/mol. The summed E-state index contributed by atoms with van der Waals surface area (Å²) in [6, 6.07) is 3.51. The summed E-state index contributed by atoms with van der Waals surface area (Å²) in [4.78, 5) is 32.8. The average molecular weight is 442 g/mol. The summed E-state index contributed by atoms with van der Waals surface area (Å²) >= 11 is 14.2. The summed E-state index contributed by atoms with van der Waals surface area (Å²) in [7, 11) is 2.15. The first-order valence-electron chi connectivity index (χ1n) is 9.75. The topological polar surface area (TPSA) is 43.9 Å². The van der Waals surface area contributed by atoms with Crippen molar-refractivity contribution in [2.75, 3.05) is 57.8 Å². The highest BCUT2D eigenvalue weighted by atomic mass is 35.5. The van der Waals surface area contributed by atoms with Crippen LogP contribution in [0.1, 0.15) is 28.3 Å². The summed E-state index contributed by atoms with van der Waals surface area (Å²) in [5.41, 5.74) is 1.29. The number of rotatable bonds is 3. The van der Waals surface area contributed by atoms with Gasteiger partial charge in [0.15, 0.2) is 5.78 Å². The van der Waals surface area contributed by atoms with Crippen molar-refractivity contribution in [1.82, 2.24) is 14.7 Å². The minimum atomic E-state index is -0.435. The second kappa shape index (κ2) is 8.52. The van der Waals surface area contributed by atoms with E-state index in [1.54, 1.807) is 12.1 Å². The molecule has 0 spiro atoms. The van der Waals surface area contributed by atoms with Crippen LogP contribution in [0.25, 0.3) is 0 Å². The maximum absolute atomic E-state index is 13.5. The highest BCUT2D eigenvalue weighted by Gasteiger charge is 2.40. The summed E-state index contributed by atoms with van der Waals surface area (Å²) in [5.74, 6) is 1.50. The van der Waals surface area contributed by atoms with Gasteiger partial charge in [0.1, 0.15) is 0 Å². The standard InChI is InChI=1S/C20H25Cl2N3O2S/c1-23-2-4-24(5-3-23)11-13-12-28-7-6-25(13)20(27)16-10-19(26)15-9-18(22)17(21)8-14(15)16/h8-9,13,16H,2-7,10-12H2,1H3. The van der Waals surface area contributed by atoms with Crippen molar-refractivity contribution in [2.45, 2.75) is 18.4 Å². The average Bonchev–Trinajstić information content (AvgIpc) is 3.00. The van der Waals surface area contributed by atoms with E-state index in [0.29, 0.717) is 15.6 Å². The number of amides is 1. The van der Waals surface area contributed by atoms with Crippen molar-refractivity contribution >= 4 is 46.7 Å². The van der Waals surface area contributed by atoms with E-state index in [4.69, 9.17) is 23.2 Å². The molecule has 0 radical (unpaired) electrons. The molecule has 3 aliphatic rings. The maximum Gasteiger partial charge on any atom is 0.230 e. The number of ketones is 1. The second-order valence-corrected chi connectivity index (χ2v) is 9.86. The Morgan fingerprint density at radius 2 is 1.86 bits per heavy atom. The van der Waals surface area contributed by atoms with Crippen LogP contribution in [0.2, 0.25) is 10.0 Å². The Morgan fingerprint density at radius 1 is 1.14 bits per heavy atom. The molecule has 0 bridgehead atoms. The van der Waals surface area contributed by atoms with E-state index in [1.807, 2.05) is 16.7 Å². The molecule has 2 aliphatic heterocycles. The van der Waals surface area contributed by atoms with Crippen molar-refractivity contribution in [3.8, 4) is 0 Å². The van der Waals surface area contributed by atoms with Crippen LogP contribution in [-0.4, -0.2) is 90.3 Å². The van der Waals surface area contributed by atoms with Crippen LogP contribution in [0.3, 0.4) is 0 Å². The minimum absolute atomic E-state index is 0.0195. The second-order valence-electron chi connectivity index (χ2n) is 7.90. The summed E-state index contributed by atoms with van der Waals surface area (Å²) in [6.45, 7) is 5.86. The fourth-order valence-corrected chi connectivity index (χ4v) is 5.73. The Labute approximate surface area is 180 Å². The lowest BCUT2D eigenvalue weighted by molar-refractivity contribution is -0.135. The number of Topliss-reactive ketones (excluding diaryl/α,β-unsaturated/α-hetero) is 1. The van der Waals surface area contributed by atoms with E-state index in [2.05, 4.69) is 16.8 Å². The largest absolute Gasteiger partial charge is 0.336 e. The first-order valence-corrected chi connectivity index (χ1v) is 11.7. The fourth-order valence-electron chi connectivity index (χ4n) is 4.34. The quantitative estimate of drug-likeness (QED) is 0.721. The molecule has 2 saturated heterocycles. The van der Waals surface area contributed by atoms with Gasteiger partial charge in [0, 0.05) is 62.8 Å². The number of carbonyl (C=O) groups excluding carboxylic acids is 2. The molecule has 5 nitrogen and oxygen atoms in total. The zero-order valence-electron chi connectivity index (χ0n) is 16.0. The number of piperazine rings is 1. The monoisotopic (exact) mass is 441 g/mol. The lowest BCUT2D eigenvalue weighted by Gasteiger charge is -2.41. The van der Waals surface area contributed by atoms with Crippen LogP contribution < -0.4 is 0 Å². The van der Waals surface area contributed by atoms with Crippen LogP contribution >= 0.6 is 35.0 Å². The fraction of sp³-hybridized carbons (Fsp3) is 0.600. The first-order chi connectivity index (χ1) is 13.4. The maximum atomic E-state index is 13.5. The van der Waals surface area contributed by atoms with E-state index in [0.717, 1.165) is 56.3 Å². The number of hydrogen-bond donors (Lipinski definition) is 0. The minimum Gasteiger partial charge on any atom is -0.336 e. The molecule has 2 fully saturated rings. The van der Waals surface area contributed by atoms with Crippen LogP contribution in [0.5, 0.6) is 0 Å². The van der Waals surface area contributed by atoms with Gasteiger partial charge in [-0.25, -0.2) is 0 Å². The molecule has 0 saturated carbocycles. The lowest BCUT2D eigenvalue weighted by atomic mass is 9.98. The van der Waals surface area contributed by atoms with Crippen LogP contribution in [0.4, 0.5) is 0 Å². The van der Waals surface area contributed by atoms with E-state index in [9.17, 15) is 9.59 Å². The summed E-state index contributed by atoms with van der Waals surface area (Å²) in [5, 5.41) is 0.764. The van der Waals surface area contributed by atoms with Gasteiger partial charge in [-0.2, -0.15) is 11.8 Å². The molecular weight excluding hydrogens is 417 g/mol. The Bertz CT molecular complexity index is 783.